The summed E-state index contributed by atoms with van der Waals surface area (Å²) in [6, 6.07) is 7.88. The highest BCUT2D eigenvalue weighted by Gasteiger charge is 2.24. The number of nitriles is 1. The fraction of sp³-hybridized carbons (Fsp3) is 0.333. The molecule has 3 heterocycles. The molecule has 1 aromatic carbocycles. The van der Waals surface area contributed by atoms with Crippen molar-refractivity contribution >= 4 is 23.2 Å². The number of aromatic nitrogens is 3. The number of amides is 1. The van der Waals surface area contributed by atoms with Crippen LogP contribution in [0.25, 0.3) is 5.65 Å². The highest BCUT2D eigenvalue weighted by Crippen LogP contribution is 2.30. The van der Waals surface area contributed by atoms with Crippen LogP contribution in [0.5, 0.6) is 5.75 Å². The lowest BCUT2D eigenvalue weighted by Crippen LogP contribution is -2.34. The maximum absolute atomic E-state index is 12.8. The van der Waals surface area contributed by atoms with E-state index in [1.54, 1.807) is 6.20 Å². The molecule has 3 N–H and O–H groups in total. The van der Waals surface area contributed by atoms with Crippen LogP contribution in [0.3, 0.4) is 0 Å². The molecule has 3 aromatic rings. The van der Waals surface area contributed by atoms with E-state index in [2.05, 4.69) is 21.5 Å². The quantitative estimate of drug-likeness (QED) is 0.635. The molecule has 1 aliphatic rings. The van der Waals surface area contributed by atoms with Gasteiger partial charge in [-0.05, 0) is 38.5 Å². The number of carbonyl (C=O) groups is 1. The molecule has 1 atom stereocenters. The van der Waals surface area contributed by atoms with Crippen molar-refractivity contribution in [2.75, 3.05) is 23.7 Å². The fourth-order valence-corrected chi connectivity index (χ4v) is 3.63. The number of benzene rings is 1. The molecule has 0 unspecified atom stereocenters. The Morgan fingerprint density at radius 1 is 1.40 bits per heavy atom. The van der Waals surface area contributed by atoms with Crippen LogP contribution in [0.15, 0.2) is 24.4 Å². The smallest absolute Gasteiger partial charge is 0.259 e. The van der Waals surface area contributed by atoms with Gasteiger partial charge in [0.2, 0.25) is 0 Å². The molecule has 9 nitrogen and oxygen atoms in total. The first-order valence-corrected chi connectivity index (χ1v) is 9.80. The van der Waals surface area contributed by atoms with Crippen molar-refractivity contribution in [3.8, 4) is 11.8 Å². The summed E-state index contributed by atoms with van der Waals surface area (Å²) in [7, 11) is 0. The van der Waals surface area contributed by atoms with Crippen molar-refractivity contribution in [3.63, 3.8) is 0 Å². The van der Waals surface area contributed by atoms with E-state index in [4.69, 9.17) is 10.5 Å². The zero-order chi connectivity index (χ0) is 21.4. The number of nitrogens with zero attached hydrogens (tertiary/aromatic N) is 5. The van der Waals surface area contributed by atoms with Gasteiger partial charge in [0.05, 0.1) is 18.2 Å². The van der Waals surface area contributed by atoms with Gasteiger partial charge in [-0.2, -0.15) is 5.26 Å². The van der Waals surface area contributed by atoms with Gasteiger partial charge >= 0.3 is 0 Å². The Morgan fingerprint density at radius 2 is 2.20 bits per heavy atom. The van der Waals surface area contributed by atoms with Crippen LogP contribution in [0.4, 0.5) is 11.6 Å². The normalized spacial score (nSPS) is 16.7. The summed E-state index contributed by atoms with van der Waals surface area (Å²) in [4.78, 5) is 19.5. The second kappa shape index (κ2) is 7.55. The summed E-state index contributed by atoms with van der Waals surface area (Å²) in [5, 5.41) is 16.8. The Morgan fingerprint density at radius 3 is 2.93 bits per heavy atom. The average molecular weight is 405 g/mol. The lowest BCUT2D eigenvalue weighted by molar-refractivity contribution is 0.0934. The molecule has 1 aliphatic heterocycles. The molecule has 154 valence electrons. The van der Waals surface area contributed by atoms with E-state index < -0.39 is 0 Å². The number of nitrogen functional groups attached to an aromatic ring is 1. The van der Waals surface area contributed by atoms with Crippen LogP contribution in [-0.4, -0.2) is 39.7 Å². The summed E-state index contributed by atoms with van der Waals surface area (Å²) >= 11 is 0. The Hall–Kier alpha value is -3.80. The van der Waals surface area contributed by atoms with Crippen molar-refractivity contribution < 1.29 is 9.53 Å². The van der Waals surface area contributed by atoms with Crippen LogP contribution < -0.4 is 20.7 Å². The van der Waals surface area contributed by atoms with Crippen molar-refractivity contribution in [1.82, 2.24) is 19.9 Å². The van der Waals surface area contributed by atoms with Gasteiger partial charge in [0.15, 0.2) is 11.5 Å². The second-order valence-corrected chi connectivity index (χ2v) is 7.31. The van der Waals surface area contributed by atoms with Crippen LogP contribution in [-0.2, 0) is 6.54 Å². The molecular formula is C21H23N7O2. The third-order valence-corrected chi connectivity index (χ3v) is 5.25. The third-order valence-electron chi connectivity index (χ3n) is 5.25. The van der Waals surface area contributed by atoms with E-state index in [1.165, 1.54) is 4.52 Å². The molecule has 1 amide bonds. The monoisotopic (exact) mass is 405 g/mol. The second-order valence-electron chi connectivity index (χ2n) is 7.31. The van der Waals surface area contributed by atoms with Crippen molar-refractivity contribution in [2.45, 2.75) is 33.4 Å². The van der Waals surface area contributed by atoms with Crippen LogP contribution in [0.2, 0.25) is 0 Å². The van der Waals surface area contributed by atoms with E-state index in [-0.39, 0.29) is 29.9 Å². The average Bonchev–Trinajstić information content (AvgIpc) is 3.06. The highest BCUT2D eigenvalue weighted by atomic mass is 16.5. The van der Waals surface area contributed by atoms with E-state index >= 15 is 0 Å². The fourth-order valence-electron chi connectivity index (χ4n) is 3.63. The number of aryl methyl sites for hydroxylation is 1. The molecule has 2 aromatic heterocycles. The van der Waals surface area contributed by atoms with Gasteiger partial charge in [-0.15, -0.1) is 5.10 Å². The molecule has 0 aliphatic carbocycles. The van der Waals surface area contributed by atoms with Gasteiger partial charge in [-0.3, -0.25) is 4.79 Å². The Kier molecular flexibility index (Phi) is 4.91. The topological polar surface area (TPSA) is 122 Å². The van der Waals surface area contributed by atoms with Gasteiger partial charge in [0.25, 0.3) is 5.91 Å². The zero-order valence-electron chi connectivity index (χ0n) is 17.1. The third kappa shape index (κ3) is 3.26. The summed E-state index contributed by atoms with van der Waals surface area (Å²) in [5.74, 6) is 1.05. The molecule has 0 saturated carbocycles. The molecule has 0 fully saturated rings. The minimum Gasteiger partial charge on any atom is -0.488 e. The van der Waals surface area contributed by atoms with Crippen LogP contribution in [0.1, 0.15) is 40.9 Å². The number of carbonyl (C=O) groups excluding carboxylic acids is 1. The van der Waals surface area contributed by atoms with E-state index in [9.17, 15) is 10.1 Å². The highest BCUT2D eigenvalue weighted by molar-refractivity contribution is 6.04. The molecule has 0 radical (unpaired) electrons. The summed E-state index contributed by atoms with van der Waals surface area (Å²) < 4.78 is 7.63. The molecule has 0 spiro atoms. The van der Waals surface area contributed by atoms with E-state index in [1.807, 2.05) is 43.9 Å². The van der Waals surface area contributed by atoms with Crippen molar-refractivity contribution in [2.24, 2.45) is 0 Å². The number of nitrogens with two attached hydrogens (primary N) is 1. The summed E-state index contributed by atoms with van der Waals surface area (Å²) in [5.41, 5.74) is 8.91. The zero-order valence-corrected chi connectivity index (χ0v) is 17.1. The number of hydrogen-bond donors (Lipinski definition) is 2. The molecule has 9 heteroatoms. The van der Waals surface area contributed by atoms with Crippen molar-refractivity contribution in [3.05, 3.63) is 46.6 Å². The summed E-state index contributed by atoms with van der Waals surface area (Å²) in [6.07, 6.45) is 1.41. The number of ether oxygens (including phenoxy) is 1. The first kappa shape index (κ1) is 19.5. The number of fused-ring (bicyclic) bond motifs is 2. The Bertz CT molecular complexity index is 1180. The molecule has 0 saturated heterocycles. The summed E-state index contributed by atoms with van der Waals surface area (Å²) in [6.45, 7) is 7.12. The molecule has 4 rings (SSSR count). The minimum absolute atomic E-state index is 0.120. The molecular weight excluding hydrogens is 382 g/mol. The largest absolute Gasteiger partial charge is 0.488 e. The first-order chi connectivity index (χ1) is 14.4. The van der Waals surface area contributed by atoms with E-state index in [0.717, 1.165) is 11.1 Å². The van der Waals surface area contributed by atoms with Gasteiger partial charge in [0, 0.05) is 24.8 Å². The minimum atomic E-state index is -0.355. The lowest BCUT2D eigenvalue weighted by Gasteiger charge is -2.25. The molecule has 2 bridgehead atoms. The Balaban J connectivity index is 1.92. The van der Waals surface area contributed by atoms with Gasteiger partial charge in [-0.25, -0.2) is 9.50 Å². The lowest BCUT2D eigenvalue weighted by atomic mass is 10.0. The Labute approximate surface area is 174 Å². The predicted molar refractivity (Wildman–Crippen MR) is 112 cm³/mol. The predicted octanol–water partition coefficient (Wildman–Crippen LogP) is 2.03. The number of anilines is 2. The SMILES string of the molecule is CCN1Cc2c(ccc(C)c2C#N)O[C@@H](C)CNC(=O)c2c(N)nn3ccc1nc23. The van der Waals surface area contributed by atoms with Crippen molar-refractivity contribution in [1.29, 1.82) is 5.26 Å². The number of nitrogens with one attached hydrogen (secondary N) is 1. The van der Waals surface area contributed by atoms with Crippen LogP contribution in [0, 0.1) is 18.3 Å². The maximum atomic E-state index is 12.8. The van der Waals surface area contributed by atoms with E-state index in [0.29, 0.717) is 35.9 Å². The number of rotatable bonds is 1. The molecule has 30 heavy (non-hydrogen) atoms. The number of hydrogen-bond acceptors (Lipinski definition) is 7. The standard InChI is InChI=1S/C21H23N7O2/c1-4-27-11-15-14(9-22)12(2)5-6-16(15)30-13(3)10-24-21(29)18-19(23)26-28-8-7-17(27)25-20(18)28/h5-8,13H,4,10-11H2,1-3H3,(H2,23,26)(H,24,29)/t13-/m0/s1. The maximum Gasteiger partial charge on any atom is 0.259 e. The van der Waals surface area contributed by atoms with Gasteiger partial charge < -0.3 is 20.7 Å². The van der Waals surface area contributed by atoms with Crippen LogP contribution >= 0.6 is 0 Å². The first-order valence-electron chi connectivity index (χ1n) is 9.80. The van der Waals surface area contributed by atoms with Gasteiger partial charge in [0.1, 0.15) is 23.2 Å². The van der Waals surface area contributed by atoms with Gasteiger partial charge in [-0.1, -0.05) is 6.07 Å².